The van der Waals surface area contributed by atoms with Crippen molar-refractivity contribution < 1.29 is 0 Å². The molecule has 2 aliphatic rings. The summed E-state index contributed by atoms with van der Waals surface area (Å²) >= 11 is 0. The maximum absolute atomic E-state index is 4.91. The summed E-state index contributed by atoms with van der Waals surface area (Å²) in [7, 11) is 0. The van der Waals surface area contributed by atoms with Crippen molar-refractivity contribution in [3.8, 4) is 0 Å². The highest BCUT2D eigenvalue weighted by molar-refractivity contribution is 5.93. The Morgan fingerprint density at radius 3 is 1.87 bits per heavy atom. The number of nitrogens with zero attached hydrogens (tertiary/aromatic N) is 3. The molecule has 0 spiro atoms. The molecule has 0 saturated carbocycles. The predicted octanol–water partition coefficient (Wildman–Crippen LogP) is 5.78. The zero-order valence-corrected chi connectivity index (χ0v) is 16.9. The van der Waals surface area contributed by atoms with E-state index in [1.165, 1.54) is 0 Å². The minimum atomic E-state index is 0.898. The van der Waals surface area contributed by atoms with Crippen LogP contribution in [-0.4, -0.2) is 24.9 Å². The molecule has 31 heavy (non-hydrogen) atoms. The number of aromatic nitrogens is 5. The number of nitrogens with one attached hydrogen (secondary N) is 2. The summed E-state index contributed by atoms with van der Waals surface area (Å²) in [6.07, 6.45) is 8.07. The van der Waals surface area contributed by atoms with E-state index in [1.807, 2.05) is 43.5 Å². The first-order chi connectivity index (χ1) is 15.2. The normalized spacial score (nSPS) is 12.7. The number of H-pyrrole nitrogens is 2. The second kappa shape index (κ2) is 6.92. The lowest BCUT2D eigenvalue weighted by atomic mass is 10.0. The van der Waals surface area contributed by atoms with Crippen LogP contribution in [0.5, 0.6) is 0 Å². The maximum atomic E-state index is 4.91. The van der Waals surface area contributed by atoms with Crippen LogP contribution in [0.4, 0.5) is 0 Å². The Balaban J connectivity index is 1.63. The third kappa shape index (κ3) is 3.46. The van der Waals surface area contributed by atoms with Crippen molar-refractivity contribution in [2.24, 2.45) is 0 Å². The molecule has 0 saturated heterocycles. The summed E-state index contributed by atoms with van der Waals surface area (Å²) in [5.41, 5.74) is 10.7. The van der Waals surface area contributed by atoms with Gasteiger partial charge in [-0.15, -0.1) is 0 Å². The van der Waals surface area contributed by atoms with Crippen molar-refractivity contribution in [2.75, 3.05) is 0 Å². The summed E-state index contributed by atoms with van der Waals surface area (Å²) in [6.45, 7) is 1.99. The molecule has 5 nitrogen and oxygen atoms in total. The van der Waals surface area contributed by atoms with E-state index >= 15 is 0 Å². The predicted molar refractivity (Wildman–Crippen MR) is 126 cm³/mol. The van der Waals surface area contributed by atoms with Crippen molar-refractivity contribution in [2.45, 2.75) is 6.92 Å². The molecule has 0 aliphatic carbocycles. The Bertz CT molecular complexity index is 1530. The molecule has 6 heterocycles. The SMILES string of the molecule is Cc1ccc(C2=Cc3cc4ccc(cc5nc(cc6ccc(cc2n3)[nH]6)C=C5)[nH]4)cn1. The van der Waals surface area contributed by atoms with Crippen LogP contribution in [0.1, 0.15) is 34.0 Å². The van der Waals surface area contributed by atoms with E-state index in [9.17, 15) is 0 Å². The smallest absolute Gasteiger partial charge is 0.0737 e. The molecule has 0 amide bonds. The first-order valence-corrected chi connectivity index (χ1v) is 10.2. The van der Waals surface area contributed by atoms with Crippen molar-refractivity contribution in [1.29, 1.82) is 0 Å². The summed E-state index contributed by atoms with van der Waals surface area (Å²) in [4.78, 5) is 20.9. The molecule has 0 atom stereocenters. The van der Waals surface area contributed by atoms with Crippen LogP contribution in [0, 0.1) is 6.92 Å². The average molecular weight is 401 g/mol. The second-order valence-corrected chi connectivity index (χ2v) is 7.78. The molecule has 4 aromatic rings. The fraction of sp³-hybridized carbons (Fsp3) is 0.0385. The van der Waals surface area contributed by atoms with Gasteiger partial charge in [0.25, 0.3) is 0 Å². The lowest BCUT2D eigenvalue weighted by Gasteiger charge is -2.02. The van der Waals surface area contributed by atoms with Gasteiger partial charge in [-0.05, 0) is 79.7 Å². The van der Waals surface area contributed by atoms with Crippen LogP contribution >= 0.6 is 0 Å². The van der Waals surface area contributed by atoms with E-state index in [1.54, 1.807) is 0 Å². The molecule has 0 aromatic carbocycles. The van der Waals surface area contributed by atoms with E-state index in [0.29, 0.717) is 0 Å². The first-order valence-electron chi connectivity index (χ1n) is 10.2. The largest absolute Gasteiger partial charge is 0.355 e. The van der Waals surface area contributed by atoms with Crippen LogP contribution < -0.4 is 0 Å². The molecule has 8 bridgehead atoms. The van der Waals surface area contributed by atoms with E-state index in [2.05, 4.69) is 68.5 Å². The molecule has 2 N–H and O–H groups in total. The van der Waals surface area contributed by atoms with Crippen LogP contribution in [0.25, 0.3) is 45.9 Å². The van der Waals surface area contributed by atoms with Crippen molar-refractivity contribution in [1.82, 2.24) is 24.9 Å². The lowest BCUT2D eigenvalue weighted by Crippen LogP contribution is -1.88. The average Bonchev–Trinajstić information content (AvgIpc) is 3.54. The third-order valence-corrected chi connectivity index (χ3v) is 5.39. The number of fused-ring (bicyclic) bond motifs is 8. The number of pyridine rings is 1. The summed E-state index contributed by atoms with van der Waals surface area (Å²) in [5.74, 6) is 0. The number of aryl methyl sites for hydroxylation is 1. The highest BCUT2D eigenvalue weighted by Gasteiger charge is 2.13. The second-order valence-electron chi connectivity index (χ2n) is 7.78. The van der Waals surface area contributed by atoms with Crippen molar-refractivity contribution in [3.05, 3.63) is 101 Å². The van der Waals surface area contributed by atoms with Crippen molar-refractivity contribution >= 4 is 45.9 Å². The Morgan fingerprint density at radius 1 is 0.645 bits per heavy atom. The van der Waals surface area contributed by atoms with Gasteiger partial charge in [0, 0.05) is 45.1 Å². The van der Waals surface area contributed by atoms with E-state index in [0.717, 1.165) is 61.7 Å². The molecule has 2 aliphatic heterocycles. The van der Waals surface area contributed by atoms with Gasteiger partial charge in [-0.2, -0.15) is 0 Å². The van der Waals surface area contributed by atoms with Gasteiger partial charge in [0.15, 0.2) is 0 Å². The molecule has 0 radical (unpaired) electrons. The highest BCUT2D eigenvalue weighted by Crippen LogP contribution is 2.28. The van der Waals surface area contributed by atoms with E-state index in [4.69, 9.17) is 4.98 Å². The van der Waals surface area contributed by atoms with Gasteiger partial charge in [-0.3, -0.25) is 4.98 Å². The maximum Gasteiger partial charge on any atom is 0.0737 e. The molecule has 0 unspecified atom stereocenters. The molecule has 6 rings (SSSR count). The number of hydrogen-bond donors (Lipinski definition) is 2. The van der Waals surface area contributed by atoms with Gasteiger partial charge in [-0.25, -0.2) is 9.97 Å². The van der Waals surface area contributed by atoms with Crippen molar-refractivity contribution in [3.63, 3.8) is 0 Å². The molecular formula is C26H19N5. The monoisotopic (exact) mass is 401 g/mol. The summed E-state index contributed by atoms with van der Waals surface area (Å²) in [5, 5.41) is 0. The minimum absolute atomic E-state index is 0.898. The standard InChI is InChI=1S/C26H19N5/c1-16-2-3-17(15-27-16)25-13-24-12-22-7-6-20(29-22)10-18-4-5-19(28-18)11-21-8-9-23(30-21)14-26(25)31-24/h2-15,29-30H,1H3. The van der Waals surface area contributed by atoms with Gasteiger partial charge < -0.3 is 9.97 Å². The van der Waals surface area contributed by atoms with Gasteiger partial charge >= 0.3 is 0 Å². The lowest BCUT2D eigenvalue weighted by molar-refractivity contribution is 1.19. The van der Waals surface area contributed by atoms with E-state index < -0.39 is 0 Å². The fourth-order valence-electron chi connectivity index (χ4n) is 3.87. The molecule has 4 aromatic heterocycles. The highest BCUT2D eigenvalue weighted by atomic mass is 14.8. The van der Waals surface area contributed by atoms with Gasteiger partial charge in [0.2, 0.25) is 0 Å². The molecule has 0 fully saturated rings. The van der Waals surface area contributed by atoms with Gasteiger partial charge in [0.05, 0.1) is 22.8 Å². The third-order valence-electron chi connectivity index (χ3n) is 5.39. The Morgan fingerprint density at radius 2 is 1.26 bits per heavy atom. The Hall–Kier alpha value is -4.25. The van der Waals surface area contributed by atoms with E-state index in [-0.39, 0.29) is 0 Å². The van der Waals surface area contributed by atoms with Gasteiger partial charge in [0.1, 0.15) is 0 Å². The fourth-order valence-corrected chi connectivity index (χ4v) is 3.87. The van der Waals surface area contributed by atoms with Crippen LogP contribution in [0.15, 0.2) is 66.9 Å². The quantitative estimate of drug-likeness (QED) is 0.367. The topological polar surface area (TPSA) is 70.2 Å². The van der Waals surface area contributed by atoms with Crippen LogP contribution in [-0.2, 0) is 0 Å². The Labute approximate surface area is 178 Å². The summed E-state index contributed by atoms with van der Waals surface area (Å²) < 4.78 is 0. The van der Waals surface area contributed by atoms with Gasteiger partial charge in [-0.1, -0.05) is 6.07 Å². The molecule has 5 heteroatoms. The first kappa shape index (κ1) is 17.6. The summed E-state index contributed by atoms with van der Waals surface area (Å²) in [6, 6.07) is 20.6. The molecule has 148 valence electrons. The molecular weight excluding hydrogens is 382 g/mol. The number of rotatable bonds is 1. The number of aromatic amines is 2. The van der Waals surface area contributed by atoms with Crippen LogP contribution in [0.3, 0.4) is 0 Å². The zero-order valence-electron chi connectivity index (χ0n) is 16.9. The number of hydrogen-bond acceptors (Lipinski definition) is 3. The Kier molecular flexibility index (Phi) is 3.93. The van der Waals surface area contributed by atoms with Crippen LogP contribution in [0.2, 0.25) is 0 Å². The minimum Gasteiger partial charge on any atom is -0.355 e. The zero-order chi connectivity index (χ0) is 20.8.